The lowest BCUT2D eigenvalue weighted by Gasteiger charge is -2.20. The number of fused-ring (bicyclic) bond motifs is 5. The third-order valence-electron chi connectivity index (χ3n) is 5.74. The number of hydrogen-bond donors (Lipinski definition) is 0. The highest BCUT2D eigenvalue weighted by Gasteiger charge is 2.61. The van der Waals surface area contributed by atoms with Crippen molar-refractivity contribution in [3.63, 3.8) is 0 Å². The van der Waals surface area contributed by atoms with Gasteiger partial charge < -0.3 is 0 Å². The van der Waals surface area contributed by atoms with Crippen molar-refractivity contribution in [2.45, 2.75) is 27.7 Å². The summed E-state index contributed by atoms with van der Waals surface area (Å²) < 4.78 is 0. The SMILES string of the molecule is CC(C)=C1[C@@H]2C=C[C@@H]1[C@@H]1C(=O)N(c3ccc(C)c(C)c3)C(=O)[C@H]12. The van der Waals surface area contributed by atoms with Crippen LogP contribution in [0.3, 0.4) is 0 Å². The molecule has 4 atom stereocenters. The fourth-order valence-electron chi connectivity index (χ4n) is 4.55. The largest absolute Gasteiger partial charge is 0.274 e. The van der Waals surface area contributed by atoms with E-state index in [2.05, 4.69) is 26.0 Å². The van der Waals surface area contributed by atoms with Crippen LogP contribution in [0.4, 0.5) is 5.69 Å². The van der Waals surface area contributed by atoms with Gasteiger partial charge in [-0.05, 0) is 51.0 Å². The molecule has 0 spiro atoms. The van der Waals surface area contributed by atoms with Crippen LogP contribution in [-0.2, 0) is 9.59 Å². The summed E-state index contributed by atoms with van der Waals surface area (Å²) in [7, 11) is 0. The highest BCUT2D eigenvalue weighted by Crippen LogP contribution is 2.57. The minimum atomic E-state index is -0.205. The van der Waals surface area contributed by atoms with Gasteiger partial charge >= 0.3 is 0 Å². The summed E-state index contributed by atoms with van der Waals surface area (Å²) >= 11 is 0. The molecule has 3 heteroatoms. The van der Waals surface area contributed by atoms with Crippen LogP contribution in [0, 0.1) is 37.5 Å². The van der Waals surface area contributed by atoms with E-state index in [1.165, 1.54) is 21.6 Å². The fourth-order valence-corrected chi connectivity index (χ4v) is 4.55. The first-order valence-corrected chi connectivity index (χ1v) is 8.22. The predicted octanol–water partition coefficient (Wildman–Crippen LogP) is 3.56. The van der Waals surface area contributed by atoms with E-state index in [1.54, 1.807) is 0 Å². The summed E-state index contributed by atoms with van der Waals surface area (Å²) in [5.41, 5.74) is 5.53. The fraction of sp³-hybridized carbons (Fsp3) is 0.400. The summed E-state index contributed by atoms with van der Waals surface area (Å²) in [5.74, 6) is -0.239. The normalized spacial score (nSPS) is 31.3. The number of benzene rings is 1. The summed E-state index contributed by atoms with van der Waals surface area (Å²) in [6, 6.07) is 5.81. The van der Waals surface area contributed by atoms with E-state index < -0.39 is 0 Å². The lowest BCUT2D eigenvalue weighted by molar-refractivity contribution is -0.122. The van der Waals surface area contributed by atoms with Gasteiger partial charge in [-0.25, -0.2) is 4.90 Å². The van der Waals surface area contributed by atoms with Crippen molar-refractivity contribution < 1.29 is 9.59 Å². The summed E-state index contributed by atoms with van der Waals surface area (Å²) in [4.78, 5) is 27.4. The van der Waals surface area contributed by atoms with Gasteiger partial charge in [-0.15, -0.1) is 0 Å². The van der Waals surface area contributed by atoms with E-state index >= 15 is 0 Å². The Bertz CT molecular complexity index is 764. The number of aryl methyl sites for hydroxylation is 2. The third-order valence-corrected chi connectivity index (χ3v) is 5.74. The molecular formula is C20H21NO2. The average molecular weight is 307 g/mol. The van der Waals surface area contributed by atoms with Gasteiger partial charge in [-0.3, -0.25) is 9.59 Å². The van der Waals surface area contributed by atoms with E-state index in [-0.39, 0.29) is 35.5 Å². The molecule has 1 aromatic carbocycles. The molecular weight excluding hydrogens is 286 g/mol. The average Bonchev–Trinajstić information content (AvgIpc) is 3.13. The van der Waals surface area contributed by atoms with Crippen molar-refractivity contribution in [1.29, 1.82) is 0 Å². The molecule has 118 valence electrons. The number of carbonyl (C=O) groups excluding carboxylic acids is 2. The Kier molecular flexibility index (Phi) is 2.93. The second-order valence-corrected chi connectivity index (χ2v) is 7.22. The van der Waals surface area contributed by atoms with Gasteiger partial charge in [0.15, 0.2) is 0 Å². The maximum Gasteiger partial charge on any atom is 0.238 e. The zero-order valence-corrected chi connectivity index (χ0v) is 14.0. The summed E-state index contributed by atoms with van der Waals surface area (Å²) in [6.07, 6.45) is 4.26. The van der Waals surface area contributed by atoms with Gasteiger partial charge in [0.05, 0.1) is 17.5 Å². The highest BCUT2D eigenvalue weighted by atomic mass is 16.2. The van der Waals surface area contributed by atoms with Crippen LogP contribution in [0.15, 0.2) is 41.5 Å². The van der Waals surface area contributed by atoms with E-state index in [9.17, 15) is 9.59 Å². The monoisotopic (exact) mass is 307 g/mol. The van der Waals surface area contributed by atoms with Crippen molar-refractivity contribution >= 4 is 17.5 Å². The number of amides is 2. The van der Waals surface area contributed by atoms with Crippen LogP contribution in [0.1, 0.15) is 25.0 Å². The van der Waals surface area contributed by atoms with Gasteiger partial charge in [0.25, 0.3) is 0 Å². The third kappa shape index (κ3) is 1.76. The lowest BCUT2D eigenvalue weighted by atomic mass is 9.85. The van der Waals surface area contributed by atoms with Gasteiger partial charge in [0.1, 0.15) is 0 Å². The van der Waals surface area contributed by atoms with Crippen molar-refractivity contribution in [1.82, 2.24) is 0 Å². The lowest BCUT2D eigenvalue weighted by Crippen LogP contribution is -2.33. The molecule has 2 bridgehead atoms. The Morgan fingerprint density at radius 3 is 1.96 bits per heavy atom. The second kappa shape index (κ2) is 4.67. The molecule has 2 amide bonds. The Balaban J connectivity index is 1.77. The zero-order chi connectivity index (χ0) is 16.5. The molecule has 1 saturated heterocycles. The maximum atomic E-state index is 13.0. The minimum absolute atomic E-state index is 0.0288. The molecule has 1 saturated carbocycles. The number of imide groups is 1. The molecule has 0 aromatic heterocycles. The number of nitrogens with zero attached hydrogens (tertiary/aromatic N) is 1. The first-order chi connectivity index (χ1) is 10.9. The first-order valence-electron chi connectivity index (χ1n) is 8.22. The molecule has 0 radical (unpaired) electrons. The van der Waals surface area contributed by atoms with Crippen molar-refractivity contribution in [3.8, 4) is 0 Å². The molecule has 4 rings (SSSR count). The minimum Gasteiger partial charge on any atom is -0.274 e. The molecule has 23 heavy (non-hydrogen) atoms. The van der Waals surface area contributed by atoms with E-state index in [1.807, 2.05) is 32.0 Å². The van der Waals surface area contributed by atoms with Gasteiger partial charge in [-0.2, -0.15) is 0 Å². The Hall–Kier alpha value is -2.16. The van der Waals surface area contributed by atoms with E-state index in [0.717, 1.165) is 11.3 Å². The summed E-state index contributed by atoms with van der Waals surface area (Å²) in [6.45, 7) is 8.21. The molecule has 0 N–H and O–H groups in total. The van der Waals surface area contributed by atoms with Crippen molar-refractivity contribution in [2.24, 2.45) is 23.7 Å². The van der Waals surface area contributed by atoms with Crippen LogP contribution in [0.25, 0.3) is 0 Å². The standard InChI is InChI=1S/C20H21NO2/c1-10(2)16-14-7-8-15(16)18-17(14)19(22)21(20(18)23)13-6-5-11(3)12(4)9-13/h5-9,14-15,17-18H,1-4H3/t14-,15-,17-,18-/m0/s1. The Morgan fingerprint density at radius 1 is 0.913 bits per heavy atom. The quantitative estimate of drug-likeness (QED) is 0.587. The Morgan fingerprint density at radius 2 is 1.48 bits per heavy atom. The van der Waals surface area contributed by atoms with Crippen molar-refractivity contribution in [3.05, 3.63) is 52.6 Å². The molecule has 1 heterocycles. The summed E-state index contributed by atoms with van der Waals surface area (Å²) in [5, 5.41) is 0. The van der Waals surface area contributed by atoms with E-state index in [4.69, 9.17) is 0 Å². The van der Waals surface area contributed by atoms with Crippen LogP contribution in [0.5, 0.6) is 0 Å². The molecule has 0 unspecified atom stereocenters. The van der Waals surface area contributed by atoms with Gasteiger partial charge in [0, 0.05) is 11.8 Å². The number of carbonyl (C=O) groups is 2. The number of allylic oxidation sites excluding steroid dienone is 4. The molecule has 3 nitrogen and oxygen atoms in total. The molecule has 2 fully saturated rings. The van der Waals surface area contributed by atoms with Crippen molar-refractivity contribution in [2.75, 3.05) is 4.90 Å². The topological polar surface area (TPSA) is 37.4 Å². The van der Waals surface area contributed by atoms with Crippen LogP contribution < -0.4 is 4.90 Å². The second-order valence-electron chi connectivity index (χ2n) is 7.22. The zero-order valence-electron chi connectivity index (χ0n) is 14.0. The maximum absolute atomic E-state index is 13.0. The number of rotatable bonds is 1. The number of hydrogen-bond acceptors (Lipinski definition) is 2. The molecule has 1 aliphatic heterocycles. The predicted molar refractivity (Wildman–Crippen MR) is 89.9 cm³/mol. The van der Waals surface area contributed by atoms with Crippen LogP contribution >= 0.6 is 0 Å². The van der Waals surface area contributed by atoms with Crippen LogP contribution in [0.2, 0.25) is 0 Å². The Labute approximate surface area is 136 Å². The number of anilines is 1. The molecule has 3 aliphatic rings. The first kappa shape index (κ1) is 14.4. The smallest absolute Gasteiger partial charge is 0.238 e. The van der Waals surface area contributed by atoms with E-state index in [0.29, 0.717) is 0 Å². The molecule has 2 aliphatic carbocycles. The van der Waals surface area contributed by atoms with Gasteiger partial charge in [0.2, 0.25) is 11.8 Å². The molecule has 1 aromatic rings. The van der Waals surface area contributed by atoms with Crippen LogP contribution in [-0.4, -0.2) is 11.8 Å². The van der Waals surface area contributed by atoms with Gasteiger partial charge in [-0.1, -0.05) is 29.4 Å². The highest BCUT2D eigenvalue weighted by molar-refractivity contribution is 6.23.